The van der Waals surface area contributed by atoms with Gasteiger partial charge < -0.3 is 15.1 Å². The van der Waals surface area contributed by atoms with Crippen molar-refractivity contribution in [3.05, 3.63) is 18.6 Å². The first kappa shape index (κ1) is 21.9. The molecule has 0 bridgehead atoms. The second-order valence-corrected chi connectivity index (χ2v) is 6.72. The van der Waals surface area contributed by atoms with Crippen LogP contribution in [0.25, 0.3) is 0 Å². The van der Waals surface area contributed by atoms with Crippen LogP contribution in [0.4, 0.5) is 5.82 Å². The fourth-order valence-corrected chi connectivity index (χ4v) is 3.58. The fraction of sp³-hybridized carbons (Fsp3) is 0.706. The van der Waals surface area contributed by atoms with Crippen molar-refractivity contribution in [1.29, 1.82) is 0 Å². The van der Waals surface area contributed by atoms with Crippen LogP contribution in [0.5, 0.6) is 0 Å². The van der Waals surface area contributed by atoms with Crippen molar-refractivity contribution < 1.29 is 4.79 Å². The van der Waals surface area contributed by atoms with E-state index in [2.05, 4.69) is 27.1 Å². The number of hydrogen-bond donors (Lipinski definition) is 1. The molecule has 0 aliphatic carbocycles. The van der Waals surface area contributed by atoms with Crippen LogP contribution in [0, 0.1) is 11.8 Å². The van der Waals surface area contributed by atoms with Gasteiger partial charge in [0.1, 0.15) is 5.82 Å². The molecule has 1 aromatic rings. The van der Waals surface area contributed by atoms with Crippen LogP contribution in [0.2, 0.25) is 0 Å². The molecule has 3 heterocycles. The van der Waals surface area contributed by atoms with E-state index in [1.165, 1.54) is 12.8 Å². The van der Waals surface area contributed by atoms with E-state index in [-0.39, 0.29) is 24.8 Å². The summed E-state index contributed by atoms with van der Waals surface area (Å²) in [5.74, 6) is 2.32. The molecule has 2 aliphatic heterocycles. The molecule has 1 amide bonds. The Morgan fingerprint density at radius 2 is 2.04 bits per heavy atom. The van der Waals surface area contributed by atoms with Gasteiger partial charge >= 0.3 is 0 Å². The molecule has 1 aromatic heterocycles. The van der Waals surface area contributed by atoms with Gasteiger partial charge in [-0.2, -0.15) is 0 Å². The summed E-state index contributed by atoms with van der Waals surface area (Å²) in [6.07, 6.45) is 8.35. The zero-order valence-corrected chi connectivity index (χ0v) is 16.4. The number of carbonyl (C=O) groups is 1. The number of nitrogens with one attached hydrogen (secondary N) is 1. The van der Waals surface area contributed by atoms with E-state index >= 15 is 0 Å². The molecule has 2 fully saturated rings. The fourth-order valence-electron chi connectivity index (χ4n) is 3.58. The molecule has 2 unspecified atom stereocenters. The quantitative estimate of drug-likeness (QED) is 0.852. The molecule has 3 rings (SSSR count). The van der Waals surface area contributed by atoms with Gasteiger partial charge in [-0.1, -0.05) is 6.92 Å². The Morgan fingerprint density at radius 1 is 1.28 bits per heavy atom. The number of nitrogens with zero attached hydrogens (tertiary/aromatic N) is 4. The predicted octanol–water partition coefficient (Wildman–Crippen LogP) is 1.99. The zero-order valence-electron chi connectivity index (χ0n) is 14.8. The number of piperazine rings is 1. The van der Waals surface area contributed by atoms with Crippen LogP contribution in [-0.2, 0) is 4.79 Å². The Morgan fingerprint density at radius 3 is 2.64 bits per heavy atom. The van der Waals surface area contributed by atoms with Crippen LogP contribution >= 0.6 is 24.8 Å². The van der Waals surface area contributed by atoms with E-state index in [1.54, 1.807) is 18.6 Å². The third-order valence-electron chi connectivity index (χ3n) is 5.14. The molecule has 2 atom stereocenters. The van der Waals surface area contributed by atoms with Crippen LogP contribution in [0.3, 0.4) is 0 Å². The van der Waals surface area contributed by atoms with Gasteiger partial charge in [-0.25, -0.2) is 4.98 Å². The summed E-state index contributed by atoms with van der Waals surface area (Å²) in [4.78, 5) is 25.2. The number of anilines is 1. The topological polar surface area (TPSA) is 61.4 Å². The van der Waals surface area contributed by atoms with E-state index in [4.69, 9.17) is 0 Å². The van der Waals surface area contributed by atoms with E-state index in [0.717, 1.165) is 45.1 Å². The average Bonchev–Trinajstić information content (AvgIpc) is 2.63. The number of hydrogen-bond acceptors (Lipinski definition) is 5. The van der Waals surface area contributed by atoms with Gasteiger partial charge in [-0.05, 0) is 37.8 Å². The van der Waals surface area contributed by atoms with E-state index in [9.17, 15) is 4.79 Å². The smallest absolute Gasteiger partial charge is 0.222 e. The summed E-state index contributed by atoms with van der Waals surface area (Å²) in [6.45, 7) is 7.66. The first-order valence-electron chi connectivity index (χ1n) is 8.73. The molecular formula is C17H29Cl2N5O. The summed E-state index contributed by atoms with van der Waals surface area (Å²) >= 11 is 0. The molecule has 1 N–H and O–H groups in total. The van der Waals surface area contributed by atoms with E-state index < -0.39 is 0 Å². The lowest BCUT2D eigenvalue weighted by Gasteiger charge is -2.36. The molecule has 2 aliphatic rings. The van der Waals surface area contributed by atoms with Crippen LogP contribution in [0.1, 0.15) is 26.2 Å². The Labute approximate surface area is 162 Å². The van der Waals surface area contributed by atoms with Crippen molar-refractivity contribution in [2.75, 3.05) is 44.2 Å². The Balaban J connectivity index is 0.00000156. The highest BCUT2D eigenvalue weighted by atomic mass is 35.5. The minimum absolute atomic E-state index is 0. The largest absolute Gasteiger partial charge is 0.352 e. The first-order valence-corrected chi connectivity index (χ1v) is 8.73. The monoisotopic (exact) mass is 389 g/mol. The molecule has 142 valence electrons. The Bertz CT molecular complexity index is 505. The maximum absolute atomic E-state index is 12.6. The minimum atomic E-state index is 0. The molecule has 2 saturated heterocycles. The average molecular weight is 390 g/mol. The third-order valence-corrected chi connectivity index (χ3v) is 5.14. The van der Waals surface area contributed by atoms with Gasteiger partial charge in [-0.3, -0.25) is 9.78 Å². The number of piperidine rings is 1. The molecule has 0 saturated carbocycles. The maximum Gasteiger partial charge on any atom is 0.222 e. The number of carbonyl (C=O) groups excluding carboxylic acids is 1. The first-order chi connectivity index (χ1) is 11.2. The minimum Gasteiger partial charge on any atom is -0.352 e. The lowest BCUT2D eigenvalue weighted by Crippen LogP contribution is -2.49. The number of halogens is 2. The lowest BCUT2D eigenvalue weighted by atomic mass is 9.85. The van der Waals surface area contributed by atoms with Gasteiger partial charge in [0.15, 0.2) is 0 Å². The molecule has 0 radical (unpaired) electrons. The van der Waals surface area contributed by atoms with Crippen LogP contribution in [0.15, 0.2) is 18.6 Å². The third kappa shape index (κ3) is 5.97. The summed E-state index contributed by atoms with van der Waals surface area (Å²) in [5, 5.41) is 3.45. The van der Waals surface area contributed by atoms with Crippen molar-refractivity contribution in [3.63, 3.8) is 0 Å². The maximum atomic E-state index is 12.6. The molecule has 6 nitrogen and oxygen atoms in total. The number of amides is 1. The number of aromatic nitrogens is 2. The highest BCUT2D eigenvalue weighted by molar-refractivity contribution is 5.85. The van der Waals surface area contributed by atoms with Crippen LogP contribution in [-0.4, -0.2) is 60.0 Å². The van der Waals surface area contributed by atoms with Gasteiger partial charge in [-0.15, -0.1) is 24.8 Å². The molecule has 25 heavy (non-hydrogen) atoms. The standard InChI is InChI=1S/C17H27N5O.2ClH/c1-14(15-3-2-4-18-12-15)11-17(23)22-9-7-21(8-10-22)16-13-19-5-6-20-16;;/h5-6,13-15,18H,2-4,7-12H2,1H3;2*1H. The second kappa shape index (κ2) is 10.8. The van der Waals surface area contributed by atoms with Crippen molar-refractivity contribution in [2.45, 2.75) is 26.2 Å². The predicted molar refractivity (Wildman–Crippen MR) is 105 cm³/mol. The highest BCUT2D eigenvalue weighted by Crippen LogP contribution is 2.23. The van der Waals surface area contributed by atoms with Gasteiger partial charge in [0.25, 0.3) is 0 Å². The molecule has 0 aromatic carbocycles. The Hall–Kier alpha value is -1.11. The van der Waals surface area contributed by atoms with Gasteiger partial charge in [0.05, 0.1) is 6.20 Å². The SMILES string of the molecule is CC(CC(=O)N1CCN(c2cnccn2)CC1)C1CCCNC1.Cl.Cl. The molecule has 0 spiro atoms. The van der Waals surface area contributed by atoms with Gasteiger partial charge in [0, 0.05) is 45.0 Å². The summed E-state index contributed by atoms with van der Waals surface area (Å²) in [6, 6.07) is 0. The normalized spacial score (nSPS) is 21.7. The van der Waals surface area contributed by atoms with Gasteiger partial charge in [0.2, 0.25) is 5.91 Å². The second-order valence-electron chi connectivity index (χ2n) is 6.72. The van der Waals surface area contributed by atoms with Crippen LogP contribution < -0.4 is 10.2 Å². The van der Waals surface area contributed by atoms with Crippen molar-refractivity contribution in [3.8, 4) is 0 Å². The molecular weight excluding hydrogens is 361 g/mol. The number of rotatable bonds is 4. The highest BCUT2D eigenvalue weighted by Gasteiger charge is 2.26. The zero-order chi connectivity index (χ0) is 16.1. The summed E-state index contributed by atoms with van der Waals surface area (Å²) < 4.78 is 0. The lowest BCUT2D eigenvalue weighted by molar-refractivity contribution is -0.132. The summed E-state index contributed by atoms with van der Waals surface area (Å²) in [5.41, 5.74) is 0. The summed E-state index contributed by atoms with van der Waals surface area (Å²) in [7, 11) is 0. The van der Waals surface area contributed by atoms with Crippen molar-refractivity contribution in [2.24, 2.45) is 11.8 Å². The molecule has 8 heteroatoms. The van der Waals surface area contributed by atoms with Crippen molar-refractivity contribution >= 4 is 36.5 Å². The Kier molecular flexibility index (Phi) is 9.46. The van der Waals surface area contributed by atoms with E-state index in [0.29, 0.717) is 24.2 Å². The van der Waals surface area contributed by atoms with Crippen molar-refractivity contribution in [1.82, 2.24) is 20.2 Å². The van der Waals surface area contributed by atoms with E-state index in [1.807, 2.05) is 4.90 Å².